The number of hydrogen-bond acceptors (Lipinski definition) is 7. The number of methoxy groups -OCH3 is 2. The number of primary amides is 1. The molecule has 1 amide bonds. The third-order valence-electron chi connectivity index (χ3n) is 5.21. The van der Waals surface area contributed by atoms with Crippen molar-refractivity contribution in [2.75, 3.05) is 19.5 Å². The van der Waals surface area contributed by atoms with E-state index in [0.717, 1.165) is 33.5 Å². The zero-order chi connectivity index (χ0) is 23.4. The number of aromatic nitrogens is 2. The summed E-state index contributed by atoms with van der Waals surface area (Å²) < 4.78 is 16.7. The molecule has 0 saturated carbocycles. The molecular formula is C25H24N4O4. The second-order valence-corrected chi connectivity index (χ2v) is 7.40. The van der Waals surface area contributed by atoms with Crippen molar-refractivity contribution in [2.24, 2.45) is 5.73 Å². The van der Waals surface area contributed by atoms with E-state index in [4.69, 9.17) is 19.9 Å². The molecule has 1 aromatic heterocycles. The van der Waals surface area contributed by atoms with Gasteiger partial charge >= 0.3 is 0 Å². The fourth-order valence-electron chi connectivity index (χ4n) is 3.43. The molecule has 0 aliphatic heterocycles. The van der Waals surface area contributed by atoms with E-state index >= 15 is 0 Å². The Balaban J connectivity index is 1.51. The van der Waals surface area contributed by atoms with Gasteiger partial charge in [0.15, 0.2) is 11.5 Å². The second kappa shape index (κ2) is 9.44. The summed E-state index contributed by atoms with van der Waals surface area (Å²) in [6.07, 6.45) is 1.50. The monoisotopic (exact) mass is 444 g/mol. The van der Waals surface area contributed by atoms with Crippen LogP contribution in [0.2, 0.25) is 0 Å². The van der Waals surface area contributed by atoms with Gasteiger partial charge in [-0.25, -0.2) is 9.97 Å². The zero-order valence-corrected chi connectivity index (χ0v) is 18.6. The average Bonchev–Trinajstić information content (AvgIpc) is 2.83. The Morgan fingerprint density at radius 3 is 2.33 bits per heavy atom. The number of amides is 1. The van der Waals surface area contributed by atoms with Gasteiger partial charge in [-0.15, -0.1) is 0 Å². The van der Waals surface area contributed by atoms with Gasteiger partial charge in [-0.3, -0.25) is 4.79 Å². The Morgan fingerprint density at radius 1 is 0.939 bits per heavy atom. The lowest BCUT2D eigenvalue weighted by atomic mass is 10.1. The highest BCUT2D eigenvalue weighted by atomic mass is 16.5. The predicted octanol–water partition coefficient (Wildman–Crippen LogP) is 4.38. The molecule has 1 heterocycles. The molecule has 0 fully saturated rings. The van der Waals surface area contributed by atoms with Crippen LogP contribution >= 0.6 is 0 Å². The van der Waals surface area contributed by atoms with Gasteiger partial charge in [-0.1, -0.05) is 12.1 Å². The van der Waals surface area contributed by atoms with Gasteiger partial charge in [0, 0.05) is 22.7 Å². The number of nitrogens with two attached hydrogens (primary N) is 1. The third kappa shape index (κ3) is 4.79. The van der Waals surface area contributed by atoms with Crippen molar-refractivity contribution in [1.82, 2.24) is 9.97 Å². The van der Waals surface area contributed by atoms with E-state index in [1.807, 2.05) is 49.4 Å². The fourth-order valence-corrected chi connectivity index (χ4v) is 3.43. The predicted molar refractivity (Wildman–Crippen MR) is 126 cm³/mol. The maximum atomic E-state index is 11.2. The molecule has 0 atom stereocenters. The first kappa shape index (κ1) is 21.9. The van der Waals surface area contributed by atoms with Crippen molar-refractivity contribution < 1.29 is 19.0 Å². The van der Waals surface area contributed by atoms with Gasteiger partial charge in [0.25, 0.3) is 0 Å². The summed E-state index contributed by atoms with van der Waals surface area (Å²) >= 11 is 0. The topological polar surface area (TPSA) is 109 Å². The van der Waals surface area contributed by atoms with E-state index in [1.165, 1.54) is 6.33 Å². The highest BCUT2D eigenvalue weighted by molar-refractivity contribution is 5.93. The molecule has 0 bridgehead atoms. The molecule has 3 N–H and O–H groups in total. The minimum Gasteiger partial charge on any atom is -0.493 e. The Labute approximate surface area is 191 Å². The molecular weight excluding hydrogens is 420 g/mol. The van der Waals surface area contributed by atoms with Crippen molar-refractivity contribution in [3.05, 3.63) is 77.6 Å². The summed E-state index contributed by atoms with van der Waals surface area (Å²) in [5, 5.41) is 4.16. The SMILES string of the molecule is COc1cc2ncnc(Nc3ccc(OCc4ccc(C(N)=O)cc4)c(C)c3)c2cc1OC. The van der Waals surface area contributed by atoms with Crippen molar-refractivity contribution in [3.8, 4) is 17.2 Å². The highest BCUT2D eigenvalue weighted by Gasteiger charge is 2.12. The van der Waals surface area contributed by atoms with Gasteiger partial charge in [-0.05, 0) is 54.4 Å². The van der Waals surface area contributed by atoms with Gasteiger partial charge < -0.3 is 25.3 Å². The zero-order valence-electron chi connectivity index (χ0n) is 18.6. The maximum Gasteiger partial charge on any atom is 0.248 e. The molecule has 3 aromatic carbocycles. The highest BCUT2D eigenvalue weighted by Crippen LogP contribution is 2.34. The molecule has 0 saturated heterocycles. The summed E-state index contributed by atoms with van der Waals surface area (Å²) in [7, 11) is 3.18. The first-order chi connectivity index (χ1) is 16.0. The smallest absolute Gasteiger partial charge is 0.248 e. The largest absolute Gasteiger partial charge is 0.493 e. The van der Waals surface area contributed by atoms with E-state index in [1.54, 1.807) is 26.4 Å². The Kier molecular flexibility index (Phi) is 6.26. The van der Waals surface area contributed by atoms with Gasteiger partial charge in [0.1, 0.15) is 24.5 Å². The summed E-state index contributed by atoms with van der Waals surface area (Å²) in [5.74, 6) is 2.18. The van der Waals surface area contributed by atoms with Gasteiger partial charge in [-0.2, -0.15) is 0 Å². The second-order valence-electron chi connectivity index (χ2n) is 7.40. The normalized spacial score (nSPS) is 10.6. The van der Waals surface area contributed by atoms with Crippen LogP contribution in [0.25, 0.3) is 10.9 Å². The van der Waals surface area contributed by atoms with Crippen LogP contribution in [0.5, 0.6) is 17.2 Å². The van der Waals surface area contributed by atoms with E-state index in [9.17, 15) is 4.79 Å². The Morgan fingerprint density at radius 2 is 1.67 bits per heavy atom. The quantitative estimate of drug-likeness (QED) is 0.415. The van der Waals surface area contributed by atoms with E-state index in [2.05, 4.69) is 15.3 Å². The molecule has 8 heteroatoms. The van der Waals surface area contributed by atoms with Crippen LogP contribution in [0.3, 0.4) is 0 Å². The first-order valence-electron chi connectivity index (χ1n) is 10.2. The number of carbonyl (C=O) groups excluding carboxylic acids is 1. The molecule has 4 aromatic rings. The van der Waals surface area contributed by atoms with Crippen LogP contribution in [0, 0.1) is 6.92 Å². The summed E-state index contributed by atoms with van der Waals surface area (Å²) in [6.45, 7) is 2.35. The number of benzene rings is 3. The molecule has 0 aliphatic carbocycles. The van der Waals surface area contributed by atoms with Crippen LogP contribution in [-0.2, 0) is 6.61 Å². The van der Waals surface area contributed by atoms with Gasteiger partial charge in [0.2, 0.25) is 5.91 Å². The standard InChI is InChI=1S/C25H24N4O4/c1-15-10-18(8-9-21(15)33-13-16-4-6-17(7-5-16)24(26)30)29-25-19-11-22(31-2)23(32-3)12-20(19)27-14-28-25/h4-12,14H,13H2,1-3H3,(H2,26,30)(H,27,28,29). The molecule has 0 unspecified atom stereocenters. The maximum absolute atomic E-state index is 11.2. The molecule has 168 valence electrons. The van der Waals surface area contributed by atoms with Crippen LogP contribution < -0.4 is 25.3 Å². The fraction of sp³-hybridized carbons (Fsp3) is 0.160. The molecule has 4 rings (SSSR count). The van der Waals surface area contributed by atoms with E-state index in [-0.39, 0.29) is 0 Å². The lowest BCUT2D eigenvalue weighted by molar-refractivity contribution is 0.1000. The van der Waals surface area contributed by atoms with Crippen LogP contribution in [0.4, 0.5) is 11.5 Å². The van der Waals surface area contributed by atoms with E-state index in [0.29, 0.717) is 29.5 Å². The molecule has 0 spiro atoms. The van der Waals surface area contributed by atoms with Crippen LogP contribution in [-0.4, -0.2) is 30.1 Å². The molecule has 33 heavy (non-hydrogen) atoms. The number of rotatable bonds is 8. The number of hydrogen-bond donors (Lipinski definition) is 2. The number of aryl methyl sites for hydroxylation is 1. The first-order valence-corrected chi connectivity index (χ1v) is 10.2. The lowest BCUT2D eigenvalue weighted by Gasteiger charge is -2.14. The van der Waals surface area contributed by atoms with Crippen molar-refractivity contribution in [2.45, 2.75) is 13.5 Å². The third-order valence-corrected chi connectivity index (χ3v) is 5.21. The van der Waals surface area contributed by atoms with Crippen molar-refractivity contribution in [3.63, 3.8) is 0 Å². The summed E-state index contributed by atoms with van der Waals surface area (Å²) in [5.41, 5.74) is 9.26. The Hall–Kier alpha value is -4.33. The summed E-state index contributed by atoms with van der Waals surface area (Å²) in [6, 6.07) is 16.5. The van der Waals surface area contributed by atoms with Crippen molar-refractivity contribution >= 4 is 28.3 Å². The summed E-state index contributed by atoms with van der Waals surface area (Å²) in [4.78, 5) is 19.9. The van der Waals surface area contributed by atoms with E-state index < -0.39 is 5.91 Å². The number of carbonyl (C=O) groups is 1. The number of fused-ring (bicyclic) bond motifs is 1. The van der Waals surface area contributed by atoms with Crippen LogP contribution in [0.15, 0.2) is 60.9 Å². The minimum atomic E-state index is -0.449. The lowest BCUT2D eigenvalue weighted by Crippen LogP contribution is -2.10. The Bertz CT molecular complexity index is 1310. The van der Waals surface area contributed by atoms with Crippen LogP contribution in [0.1, 0.15) is 21.5 Å². The molecule has 8 nitrogen and oxygen atoms in total. The number of ether oxygens (including phenoxy) is 3. The molecule has 0 aliphatic rings. The number of nitrogens with one attached hydrogen (secondary N) is 1. The molecule has 0 radical (unpaired) electrons. The minimum absolute atomic E-state index is 0.380. The van der Waals surface area contributed by atoms with Crippen molar-refractivity contribution in [1.29, 1.82) is 0 Å². The number of anilines is 2. The average molecular weight is 444 g/mol. The van der Waals surface area contributed by atoms with Gasteiger partial charge in [0.05, 0.1) is 19.7 Å². The number of nitrogens with zero attached hydrogens (tertiary/aromatic N) is 2.